The van der Waals surface area contributed by atoms with E-state index in [9.17, 15) is 14.4 Å². The van der Waals surface area contributed by atoms with E-state index >= 15 is 0 Å². The molecule has 2 atom stereocenters. The lowest BCUT2D eigenvalue weighted by molar-refractivity contribution is -0.167. The van der Waals surface area contributed by atoms with Gasteiger partial charge < -0.3 is 14.2 Å². The number of hydrogen-bond acceptors (Lipinski definition) is 6. The summed E-state index contributed by atoms with van der Waals surface area (Å²) in [5.41, 5.74) is 0. The molecule has 0 aliphatic carbocycles. The highest BCUT2D eigenvalue weighted by Crippen LogP contribution is 2.17. The third kappa shape index (κ3) is 40.1. The zero-order valence-corrected chi connectivity index (χ0v) is 36.8. The molecule has 0 aromatic carbocycles. The van der Waals surface area contributed by atoms with Gasteiger partial charge in [-0.25, -0.2) is 0 Å². The van der Waals surface area contributed by atoms with E-state index in [0.717, 1.165) is 76.0 Å². The first-order valence-electron chi connectivity index (χ1n) is 23.8. The quantitative estimate of drug-likeness (QED) is 0.0350. The van der Waals surface area contributed by atoms with Gasteiger partial charge in [-0.05, 0) is 31.1 Å². The Bertz CT molecular complexity index is 826. The molecule has 54 heavy (non-hydrogen) atoms. The standard InChI is InChI=1S/C48H92O6/c1-6-8-9-26-33-38-46(49)52-41-45(42-53-47(50)39-34-29-24-20-17-16-19-23-28-32-37-44(5)7-2)54-48(51)40-35-30-25-21-15-13-11-10-12-14-18-22-27-31-36-43(3)4/h43-45H,6-42H2,1-5H3/t44?,45-/m1/s1. The van der Waals surface area contributed by atoms with E-state index in [1.54, 1.807) is 0 Å². The molecule has 0 saturated heterocycles. The van der Waals surface area contributed by atoms with Gasteiger partial charge in [0.15, 0.2) is 6.10 Å². The van der Waals surface area contributed by atoms with Crippen molar-refractivity contribution in [3.8, 4) is 0 Å². The largest absolute Gasteiger partial charge is 0.462 e. The normalized spacial score (nSPS) is 12.6. The van der Waals surface area contributed by atoms with E-state index in [4.69, 9.17) is 14.2 Å². The maximum atomic E-state index is 12.7. The van der Waals surface area contributed by atoms with Crippen molar-refractivity contribution in [2.45, 2.75) is 265 Å². The molecule has 0 rings (SSSR count). The summed E-state index contributed by atoms with van der Waals surface area (Å²) in [5.74, 6) is 0.845. The van der Waals surface area contributed by atoms with E-state index in [1.807, 2.05) is 0 Å². The van der Waals surface area contributed by atoms with Crippen LogP contribution in [0.5, 0.6) is 0 Å². The topological polar surface area (TPSA) is 78.9 Å². The van der Waals surface area contributed by atoms with Crippen LogP contribution >= 0.6 is 0 Å². The molecule has 0 radical (unpaired) electrons. The maximum Gasteiger partial charge on any atom is 0.306 e. The molecule has 0 bridgehead atoms. The molecule has 0 amide bonds. The number of unbranched alkanes of at least 4 members (excludes halogenated alkanes) is 26. The molecule has 320 valence electrons. The Kier molecular flexibility index (Phi) is 39.8. The highest BCUT2D eigenvalue weighted by molar-refractivity contribution is 5.71. The van der Waals surface area contributed by atoms with Crippen LogP contribution in [0, 0.1) is 11.8 Å². The van der Waals surface area contributed by atoms with Crippen molar-refractivity contribution in [3.05, 3.63) is 0 Å². The molecule has 0 N–H and O–H groups in total. The molecule has 6 heteroatoms. The van der Waals surface area contributed by atoms with Gasteiger partial charge in [-0.2, -0.15) is 0 Å². The molecule has 0 aromatic rings. The zero-order valence-electron chi connectivity index (χ0n) is 36.8. The highest BCUT2D eigenvalue weighted by Gasteiger charge is 2.19. The summed E-state index contributed by atoms with van der Waals surface area (Å²) in [6.07, 6.45) is 39.7. The van der Waals surface area contributed by atoms with Gasteiger partial charge in [0.2, 0.25) is 0 Å². The van der Waals surface area contributed by atoms with Gasteiger partial charge in [-0.15, -0.1) is 0 Å². The van der Waals surface area contributed by atoms with Crippen LogP contribution in [-0.2, 0) is 28.6 Å². The second-order valence-corrected chi connectivity index (χ2v) is 17.1. The minimum absolute atomic E-state index is 0.0655. The molecule has 0 spiro atoms. The zero-order chi connectivity index (χ0) is 39.7. The van der Waals surface area contributed by atoms with Crippen LogP contribution < -0.4 is 0 Å². The minimum Gasteiger partial charge on any atom is -0.462 e. The fourth-order valence-electron chi connectivity index (χ4n) is 7.07. The summed E-state index contributed by atoms with van der Waals surface area (Å²) in [7, 11) is 0. The number of carbonyl (C=O) groups is 3. The van der Waals surface area contributed by atoms with E-state index in [1.165, 1.54) is 141 Å². The van der Waals surface area contributed by atoms with Gasteiger partial charge in [0.05, 0.1) is 0 Å². The lowest BCUT2D eigenvalue weighted by Gasteiger charge is -2.18. The number of rotatable bonds is 42. The molecule has 0 heterocycles. The fraction of sp³-hybridized carbons (Fsp3) is 0.938. The second kappa shape index (κ2) is 41.1. The number of esters is 3. The lowest BCUT2D eigenvalue weighted by atomic mass is 9.99. The van der Waals surface area contributed by atoms with Gasteiger partial charge in [0.25, 0.3) is 0 Å². The van der Waals surface area contributed by atoms with E-state index in [2.05, 4.69) is 34.6 Å². The smallest absolute Gasteiger partial charge is 0.306 e. The first kappa shape index (κ1) is 52.4. The molecule has 6 nitrogen and oxygen atoms in total. The Balaban J connectivity index is 4.16. The van der Waals surface area contributed by atoms with Gasteiger partial charge in [0, 0.05) is 19.3 Å². The van der Waals surface area contributed by atoms with Crippen molar-refractivity contribution in [3.63, 3.8) is 0 Å². The number of hydrogen-bond donors (Lipinski definition) is 0. The third-order valence-electron chi connectivity index (χ3n) is 11.1. The number of carbonyl (C=O) groups excluding carboxylic acids is 3. The van der Waals surface area contributed by atoms with Crippen LogP contribution in [0.25, 0.3) is 0 Å². The lowest BCUT2D eigenvalue weighted by Crippen LogP contribution is -2.30. The highest BCUT2D eigenvalue weighted by atomic mass is 16.6. The van der Waals surface area contributed by atoms with Crippen molar-refractivity contribution >= 4 is 17.9 Å². The Labute approximate surface area is 336 Å². The molecule has 0 saturated carbocycles. The maximum absolute atomic E-state index is 12.7. The molecule has 0 fully saturated rings. The van der Waals surface area contributed by atoms with Crippen molar-refractivity contribution in [2.24, 2.45) is 11.8 Å². The summed E-state index contributed by atoms with van der Waals surface area (Å²) in [6, 6.07) is 0. The predicted molar refractivity (Wildman–Crippen MR) is 229 cm³/mol. The summed E-state index contributed by atoms with van der Waals surface area (Å²) in [4.78, 5) is 37.5. The first-order chi connectivity index (χ1) is 26.3. The molecule has 0 aliphatic rings. The molecule has 0 aliphatic heterocycles. The van der Waals surface area contributed by atoms with E-state index in [0.29, 0.717) is 19.3 Å². The number of ether oxygens (including phenoxy) is 3. The van der Waals surface area contributed by atoms with Crippen molar-refractivity contribution in [1.82, 2.24) is 0 Å². The van der Waals surface area contributed by atoms with Gasteiger partial charge in [-0.3, -0.25) is 14.4 Å². The van der Waals surface area contributed by atoms with Crippen molar-refractivity contribution in [2.75, 3.05) is 13.2 Å². The summed E-state index contributed by atoms with van der Waals surface area (Å²) < 4.78 is 16.6. The van der Waals surface area contributed by atoms with Crippen molar-refractivity contribution < 1.29 is 28.6 Å². The predicted octanol–water partition coefficient (Wildman–Crippen LogP) is 15.0. The van der Waals surface area contributed by atoms with Gasteiger partial charge in [-0.1, -0.05) is 221 Å². The summed E-state index contributed by atoms with van der Waals surface area (Å²) in [5, 5.41) is 0. The van der Waals surface area contributed by atoms with Crippen molar-refractivity contribution in [1.29, 1.82) is 0 Å². The van der Waals surface area contributed by atoms with E-state index < -0.39 is 6.10 Å². The second-order valence-electron chi connectivity index (χ2n) is 17.1. The third-order valence-corrected chi connectivity index (χ3v) is 11.1. The van der Waals surface area contributed by atoms with Crippen LogP contribution in [0.1, 0.15) is 259 Å². The fourth-order valence-corrected chi connectivity index (χ4v) is 7.07. The van der Waals surface area contributed by atoms with Crippen LogP contribution in [0.3, 0.4) is 0 Å². The Morgan fingerprint density at radius 1 is 0.389 bits per heavy atom. The van der Waals surface area contributed by atoms with Crippen LogP contribution in [0.4, 0.5) is 0 Å². The summed E-state index contributed by atoms with van der Waals surface area (Å²) in [6.45, 7) is 11.3. The van der Waals surface area contributed by atoms with Gasteiger partial charge >= 0.3 is 17.9 Å². The SMILES string of the molecule is CCCCCCCC(=O)OC[C@H](COC(=O)CCCCCCCCCCCCC(C)CC)OC(=O)CCCCCCCCCCCCCCCCC(C)C. The minimum atomic E-state index is -0.759. The van der Waals surface area contributed by atoms with Crippen LogP contribution in [-0.4, -0.2) is 37.2 Å². The van der Waals surface area contributed by atoms with Crippen LogP contribution in [0.2, 0.25) is 0 Å². The molecule has 0 aromatic heterocycles. The average molecular weight is 765 g/mol. The molecule has 1 unspecified atom stereocenters. The Morgan fingerprint density at radius 2 is 0.704 bits per heavy atom. The van der Waals surface area contributed by atoms with E-state index in [-0.39, 0.29) is 31.1 Å². The summed E-state index contributed by atoms with van der Waals surface area (Å²) >= 11 is 0. The molecular formula is C48H92O6. The van der Waals surface area contributed by atoms with Crippen LogP contribution in [0.15, 0.2) is 0 Å². The van der Waals surface area contributed by atoms with Gasteiger partial charge in [0.1, 0.15) is 13.2 Å². The molecular weight excluding hydrogens is 673 g/mol. The monoisotopic (exact) mass is 765 g/mol. The Hall–Kier alpha value is -1.59. The first-order valence-corrected chi connectivity index (χ1v) is 23.8. The Morgan fingerprint density at radius 3 is 1.06 bits per heavy atom. The average Bonchev–Trinajstić information content (AvgIpc) is 3.15.